The van der Waals surface area contributed by atoms with Crippen LogP contribution in [-0.4, -0.2) is 37.2 Å². The molecule has 0 bridgehead atoms. The topological polar surface area (TPSA) is 103 Å². The maximum absolute atomic E-state index is 12.6. The highest BCUT2D eigenvalue weighted by Gasteiger charge is 2.23. The lowest BCUT2D eigenvalue weighted by atomic mass is 10.1. The monoisotopic (exact) mass is 440 g/mol. The molecule has 7 nitrogen and oxygen atoms in total. The van der Waals surface area contributed by atoms with E-state index in [9.17, 15) is 13.2 Å². The Kier molecular flexibility index (Phi) is 6.62. The Balaban J connectivity index is 1.60. The van der Waals surface area contributed by atoms with Gasteiger partial charge in [-0.15, -0.1) is 11.3 Å². The van der Waals surface area contributed by atoms with Gasteiger partial charge in [-0.05, 0) is 36.8 Å². The summed E-state index contributed by atoms with van der Waals surface area (Å²) in [5.41, 5.74) is 2.70. The van der Waals surface area contributed by atoms with Crippen molar-refractivity contribution < 1.29 is 13.2 Å². The molecule has 0 aliphatic heterocycles. The fraction of sp³-hybridized carbons (Fsp3) is 0.190. The van der Waals surface area contributed by atoms with Crippen molar-refractivity contribution in [2.45, 2.75) is 18.2 Å². The van der Waals surface area contributed by atoms with Crippen molar-refractivity contribution in [2.24, 2.45) is 0 Å². The van der Waals surface area contributed by atoms with E-state index in [4.69, 9.17) is 5.26 Å². The zero-order valence-corrected chi connectivity index (χ0v) is 18.1. The molecule has 154 valence electrons. The van der Waals surface area contributed by atoms with E-state index in [1.165, 1.54) is 48.2 Å². The second kappa shape index (κ2) is 9.17. The van der Waals surface area contributed by atoms with Crippen molar-refractivity contribution in [3.05, 3.63) is 76.3 Å². The van der Waals surface area contributed by atoms with Crippen molar-refractivity contribution in [1.29, 1.82) is 5.26 Å². The molecular formula is C21H20N4O3S2. The second-order valence-corrected chi connectivity index (χ2v) is 9.90. The molecule has 0 radical (unpaired) electrons. The SMILES string of the molecule is Cc1ccc(Cc2cnc(NC(=O)CN(C)S(=O)(=O)c3ccc(C#N)cc3)s2)cc1. The molecule has 2 aromatic carbocycles. The van der Waals surface area contributed by atoms with Crippen LogP contribution in [-0.2, 0) is 21.2 Å². The van der Waals surface area contributed by atoms with Crippen LogP contribution in [0.1, 0.15) is 21.6 Å². The average Bonchev–Trinajstić information content (AvgIpc) is 3.16. The van der Waals surface area contributed by atoms with Gasteiger partial charge in [0.15, 0.2) is 5.13 Å². The molecule has 0 saturated carbocycles. The molecule has 3 aromatic rings. The maximum atomic E-state index is 12.6. The molecule has 0 aliphatic rings. The summed E-state index contributed by atoms with van der Waals surface area (Å²) < 4.78 is 26.2. The van der Waals surface area contributed by atoms with Crippen LogP contribution < -0.4 is 5.32 Å². The van der Waals surface area contributed by atoms with Crippen molar-refractivity contribution in [3.8, 4) is 6.07 Å². The zero-order valence-electron chi connectivity index (χ0n) is 16.5. The minimum absolute atomic E-state index is 0.0198. The Morgan fingerprint density at radius 3 is 2.47 bits per heavy atom. The highest BCUT2D eigenvalue weighted by Crippen LogP contribution is 2.22. The van der Waals surface area contributed by atoms with E-state index in [0.29, 0.717) is 17.1 Å². The van der Waals surface area contributed by atoms with Crippen LogP contribution in [0.4, 0.5) is 5.13 Å². The fourth-order valence-electron chi connectivity index (χ4n) is 2.68. The van der Waals surface area contributed by atoms with Gasteiger partial charge in [-0.25, -0.2) is 13.4 Å². The average molecular weight is 441 g/mol. The minimum Gasteiger partial charge on any atom is -0.301 e. The van der Waals surface area contributed by atoms with Gasteiger partial charge in [0.1, 0.15) is 0 Å². The molecule has 1 N–H and O–H groups in total. The molecular weight excluding hydrogens is 420 g/mol. The highest BCUT2D eigenvalue weighted by atomic mass is 32.2. The Morgan fingerprint density at radius 1 is 1.17 bits per heavy atom. The van der Waals surface area contributed by atoms with Crippen LogP contribution in [0.3, 0.4) is 0 Å². The van der Waals surface area contributed by atoms with E-state index < -0.39 is 15.9 Å². The molecule has 1 amide bonds. The number of nitrogens with zero attached hydrogens (tertiary/aromatic N) is 3. The first-order valence-electron chi connectivity index (χ1n) is 9.04. The Morgan fingerprint density at radius 2 is 1.83 bits per heavy atom. The minimum atomic E-state index is -3.84. The number of nitrogens with one attached hydrogen (secondary N) is 1. The van der Waals surface area contributed by atoms with Gasteiger partial charge in [0.25, 0.3) is 0 Å². The summed E-state index contributed by atoms with van der Waals surface area (Å²) in [7, 11) is -2.51. The van der Waals surface area contributed by atoms with Crippen molar-refractivity contribution in [3.63, 3.8) is 0 Å². The predicted octanol–water partition coefficient (Wildman–Crippen LogP) is 3.17. The summed E-state index contributed by atoms with van der Waals surface area (Å²) in [5.74, 6) is -0.481. The summed E-state index contributed by atoms with van der Waals surface area (Å²) in [6.07, 6.45) is 2.41. The summed E-state index contributed by atoms with van der Waals surface area (Å²) in [4.78, 5) is 17.5. The molecule has 1 heterocycles. The van der Waals surface area contributed by atoms with E-state index >= 15 is 0 Å². The summed E-state index contributed by atoms with van der Waals surface area (Å²) in [5, 5.41) is 11.9. The largest absolute Gasteiger partial charge is 0.301 e. The number of hydrogen-bond donors (Lipinski definition) is 1. The van der Waals surface area contributed by atoms with E-state index in [-0.39, 0.29) is 11.4 Å². The van der Waals surface area contributed by atoms with E-state index in [1.807, 2.05) is 25.1 Å². The lowest BCUT2D eigenvalue weighted by Gasteiger charge is -2.16. The van der Waals surface area contributed by atoms with Crippen LogP contribution in [0.15, 0.2) is 59.6 Å². The standard InChI is InChI=1S/C21H20N4O3S2/c1-15-3-5-16(6-4-15)11-18-13-23-21(29-18)24-20(26)14-25(2)30(27,28)19-9-7-17(12-22)8-10-19/h3-10,13H,11,14H2,1-2H3,(H,23,24,26). The van der Waals surface area contributed by atoms with Crippen LogP contribution >= 0.6 is 11.3 Å². The maximum Gasteiger partial charge on any atom is 0.243 e. The number of rotatable bonds is 7. The van der Waals surface area contributed by atoms with Gasteiger partial charge >= 0.3 is 0 Å². The van der Waals surface area contributed by atoms with Gasteiger partial charge in [-0.2, -0.15) is 9.57 Å². The smallest absolute Gasteiger partial charge is 0.243 e. The first kappa shape index (κ1) is 21.6. The fourth-order valence-corrected chi connectivity index (χ4v) is 4.67. The number of anilines is 1. The van der Waals surface area contributed by atoms with Gasteiger partial charge in [-0.3, -0.25) is 4.79 Å². The number of amides is 1. The van der Waals surface area contributed by atoms with Crippen LogP contribution in [0.25, 0.3) is 0 Å². The number of carbonyl (C=O) groups is 1. The normalized spacial score (nSPS) is 11.3. The van der Waals surface area contributed by atoms with Crippen LogP contribution in [0.5, 0.6) is 0 Å². The Hall–Kier alpha value is -3.06. The third-order valence-electron chi connectivity index (χ3n) is 4.36. The molecule has 0 spiro atoms. The van der Waals surface area contributed by atoms with Gasteiger partial charge in [0, 0.05) is 24.5 Å². The Labute approximate surface area is 179 Å². The number of sulfonamides is 1. The second-order valence-electron chi connectivity index (χ2n) is 6.74. The molecule has 3 rings (SSSR count). The molecule has 0 atom stereocenters. The molecule has 30 heavy (non-hydrogen) atoms. The third kappa shape index (κ3) is 5.30. The van der Waals surface area contributed by atoms with Crippen molar-refractivity contribution in [2.75, 3.05) is 18.9 Å². The van der Waals surface area contributed by atoms with Crippen LogP contribution in [0.2, 0.25) is 0 Å². The van der Waals surface area contributed by atoms with E-state index in [1.54, 1.807) is 6.20 Å². The van der Waals surface area contributed by atoms with Gasteiger partial charge in [0.2, 0.25) is 15.9 Å². The van der Waals surface area contributed by atoms with E-state index in [2.05, 4.69) is 22.4 Å². The number of aryl methyl sites for hydroxylation is 1. The number of carbonyl (C=O) groups excluding carboxylic acids is 1. The number of thiazole rings is 1. The number of benzene rings is 2. The molecule has 0 aliphatic carbocycles. The lowest BCUT2D eigenvalue weighted by molar-refractivity contribution is -0.116. The highest BCUT2D eigenvalue weighted by molar-refractivity contribution is 7.89. The molecule has 0 fully saturated rings. The first-order chi connectivity index (χ1) is 14.3. The predicted molar refractivity (Wildman–Crippen MR) is 116 cm³/mol. The summed E-state index contributed by atoms with van der Waals surface area (Å²) >= 11 is 1.35. The molecule has 0 unspecified atom stereocenters. The molecule has 1 aromatic heterocycles. The van der Waals surface area contributed by atoms with Crippen LogP contribution in [0, 0.1) is 18.3 Å². The summed E-state index contributed by atoms with van der Waals surface area (Å²) in [6.45, 7) is 1.68. The zero-order chi connectivity index (χ0) is 21.7. The van der Waals surface area contributed by atoms with Gasteiger partial charge < -0.3 is 5.32 Å². The number of nitriles is 1. The lowest BCUT2D eigenvalue weighted by Crippen LogP contribution is -2.34. The van der Waals surface area contributed by atoms with Gasteiger partial charge in [0.05, 0.1) is 23.1 Å². The van der Waals surface area contributed by atoms with Crippen molar-refractivity contribution in [1.82, 2.24) is 9.29 Å². The van der Waals surface area contributed by atoms with Crippen molar-refractivity contribution >= 4 is 32.4 Å². The molecule has 9 heteroatoms. The molecule has 0 saturated heterocycles. The Bertz CT molecular complexity index is 1180. The number of hydrogen-bond acceptors (Lipinski definition) is 6. The van der Waals surface area contributed by atoms with Gasteiger partial charge in [-0.1, -0.05) is 29.8 Å². The first-order valence-corrected chi connectivity index (χ1v) is 11.3. The third-order valence-corrected chi connectivity index (χ3v) is 7.09. The van der Waals surface area contributed by atoms with E-state index in [0.717, 1.165) is 14.7 Å². The number of likely N-dealkylation sites (N-methyl/N-ethyl adjacent to an activating group) is 1. The quantitative estimate of drug-likeness (QED) is 0.608. The summed E-state index contributed by atoms with van der Waals surface area (Å²) in [6, 6.07) is 15.7. The number of aromatic nitrogens is 1.